The zero-order valence-corrected chi connectivity index (χ0v) is 13.7. The van der Waals surface area contributed by atoms with Crippen LogP contribution in [0.5, 0.6) is 5.75 Å². The molecule has 6 heteroatoms. The van der Waals surface area contributed by atoms with Crippen molar-refractivity contribution >= 4 is 54.8 Å². The molecule has 3 nitrogen and oxygen atoms in total. The third kappa shape index (κ3) is 2.70. The summed E-state index contributed by atoms with van der Waals surface area (Å²) in [5.41, 5.74) is 0.815. The summed E-state index contributed by atoms with van der Waals surface area (Å²) in [6, 6.07) is 9.72. The summed E-state index contributed by atoms with van der Waals surface area (Å²) < 4.78 is 7.45. The third-order valence-corrected chi connectivity index (χ3v) is 4.91. The molecule has 0 N–H and O–H groups in total. The van der Waals surface area contributed by atoms with Crippen molar-refractivity contribution in [2.24, 2.45) is 0 Å². The zero-order chi connectivity index (χ0) is 13.4. The minimum absolute atomic E-state index is 0.0184. The molecular weight excluding hydrogens is 394 g/mol. The van der Waals surface area contributed by atoms with Gasteiger partial charge in [-0.1, -0.05) is 15.9 Å². The van der Waals surface area contributed by atoms with Gasteiger partial charge in [0.05, 0.1) is 16.0 Å². The van der Waals surface area contributed by atoms with Crippen LogP contribution < -0.4 is 9.64 Å². The molecule has 2 aromatic rings. The second kappa shape index (κ2) is 5.26. The van der Waals surface area contributed by atoms with Crippen LogP contribution >= 0.6 is 43.2 Å². The van der Waals surface area contributed by atoms with E-state index in [1.54, 1.807) is 16.2 Å². The van der Waals surface area contributed by atoms with Gasteiger partial charge in [-0.2, -0.15) is 0 Å². The maximum atomic E-state index is 12.1. The number of anilines is 1. The van der Waals surface area contributed by atoms with Gasteiger partial charge < -0.3 is 9.64 Å². The van der Waals surface area contributed by atoms with Crippen LogP contribution in [0.15, 0.2) is 38.6 Å². The smallest absolute Gasteiger partial charge is 0.265 e. The Bertz CT molecular complexity index is 641. The van der Waals surface area contributed by atoms with Crippen molar-refractivity contribution in [2.45, 2.75) is 6.54 Å². The van der Waals surface area contributed by atoms with Gasteiger partial charge in [-0.15, -0.1) is 11.3 Å². The van der Waals surface area contributed by atoms with Gasteiger partial charge in [-0.25, -0.2) is 0 Å². The molecular formula is C13H9Br2NO2S. The van der Waals surface area contributed by atoms with Gasteiger partial charge >= 0.3 is 0 Å². The molecule has 0 atom stereocenters. The van der Waals surface area contributed by atoms with Gasteiger partial charge in [0.2, 0.25) is 0 Å². The normalized spacial score (nSPS) is 14.2. The van der Waals surface area contributed by atoms with Crippen molar-refractivity contribution in [3.05, 3.63) is 43.5 Å². The molecule has 1 aliphatic rings. The number of carbonyl (C=O) groups excluding carboxylic acids is 1. The number of amides is 1. The highest BCUT2D eigenvalue weighted by Crippen LogP contribution is 2.36. The van der Waals surface area contributed by atoms with E-state index in [1.165, 1.54) is 0 Å². The molecule has 0 saturated carbocycles. The summed E-state index contributed by atoms with van der Waals surface area (Å²) in [4.78, 5) is 15.0. The number of carbonyl (C=O) groups is 1. The number of fused-ring (bicyclic) bond motifs is 1. The lowest BCUT2D eigenvalue weighted by molar-refractivity contribution is -0.121. The second-order valence-corrected chi connectivity index (χ2v) is 7.55. The Hall–Kier alpha value is -0.850. The number of halogens is 2. The number of hydrogen-bond donors (Lipinski definition) is 0. The average Bonchev–Trinajstić information content (AvgIpc) is 2.79. The van der Waals surface area contributed by atoms with Crippen LogP contribution in [0.3, 0.4) is 0 Å². The van der Waals surface area contributed by atoms with Crippen molar-refractivity contribution in [1.82, 2.24) is 0 Å². The summed E-state index contributed by atoms with van der Waals surface area (Å²) >= 11 is 8.50. The SMILES string of the molecule is O=C1COc2ccc(Br)cc2N1Cc1ccc(Br)s1. The quantitative estimate of drug-likeness (QED) is 0.753. The molecule has 0 unspecified atom stereocenters. The Morgan fingerprint density at radius 1 is 1.26 bits per heavy atom. The van der Waals surface area contributed by atoms with Gasteiger partial charge in [0.1, 0.15) is 5.75 Å². The van der Waals surface area contributed by atoms with Crippen LogP contribution in [0, 0.1) is 0 Å². The van der Waals surface area contributed by atoms with Crippen LogP contribution in [-0.2, 0) is 11.3 Å². The topological polar surface area (TPSA) is 29.5 Å². The lowest BCUT2D eigenvalue weighted by Gasteiger charge is -2.29. The minimum Gasteiger partial charge on any atom is -0.482 e. The standard InChI is InChI=1S/C13H9Br2NO2S/c14-8-1-3-11-10(5-8)16(13(17)7-18-11)6-9-2-4-12(15)19-9/h1-5H,6-7H2. The highest BCUT2D eigenvalue weighted by Gasteiger charge is 2.26. The van der Waals surface area contributed by atoms with E-state index in [0.29, 0.717) is 6.54 Å². The van der Waals surface area contributed by atoms with Crippen molar-refractivity contribution in [3.63, 3.8) is 0 Å². The van der Waals surface area contributed by atoms with Gasteiger partial charge in [-0.3, -0.25) is 4.79 Å². The van der Waals surface area contributed by atoms with Gasteiger partial charge in [0.15, 0.2) is 6.61 Å². The summed E-state index contributed by atoms with van der Waals surface area (Å²) in [5, 5.41) is 0. The highest BCUT2D eigenvalue weighted by atomic mass is 79.9. The summed E-state index contributed by atoms with van der Waals surface area (Å²) in [5.74, 6) is 0.730. The van der Waals surface area contributed by atoms with Gasteiger partial charge in [-0.05, 0) is 46.3 Å². The highest BCUT2D eigenvalue weighted by molar-refractivity contribution is 9.11. The molecule has 2 heterocycles. The number of thiophene rings is 1. The third-order valence-electron chi connectivity index (χ3n) is 2.81. The largest absolute Gasteiger partial charge is 0.482 e. The first-order valence-corrected chi connectivity index (χ1v) is 8.00. The Balaban J connectivity index is 1.96. The summed E-state index contributed by atoms with van der Waals surface area (Å²) in [6.45, 7) is 0.670. The second-order valence-electron chi connectivity index (χ2n) is 4.09. The number of nitrogens with zero attached hydrogens (tertiary/aromatic N) is 1. The van der Waals surface area contributed by atoms with Crippen molar-refractivity contribution < 1.29 is 9.53 Å². The maximum Gasteiger partial charge on any atom is 0.265 e. The fourth-order valence-corrected chi connectivity index (χ4v) is 3.76. The van der Waals surface area contributed by atoms with Crippen LogP contribution in [0.4, 0.5) is 5.69 Å². The number of benzene rings is 1. The van der Waals surface area contributed by atoms with Gasteiger partial charge in [0.25, 0.3) is 5.91 Å². The van der Waals surface area contributed by atoms with Crippen LogP contribution in [0.2, 0.25) is 0 Å². The number of rotatable bonds is 2. The van der Waals surface area contributed by atoms with Crippen molar-refractivity contribution in [1.29, 1.82) is 0 Å². The number of hydrogen-bond acceptors (Lipinski definition) is 3. The Morgan fingerprint density at radius 3 is 2.84 bits per heavy atom. The molecule has 0 radical (unpaired) electrons. The van der Waals surface area contributed by atoms with Crippen LogP contribution in [-0.4, -0.2) is 12.5 Å². The molecule has 0 saturated heterocycles. The molecule has 19 heavy (non-hydrogen) atoms. The molecule has 1 aliphatic heterocycles. The predicted molar refractivity (Wildman–Crippen MR) is 82.8 cm³/mol. The van der Waals surface area contributed by atoms with E-state index in [0.717, 1.165) is 24.6 Å². The molecule has 0 bridgehead atoms. The fraction of sp³-hybridized carbons (Fsp3) is 0.154. The Morgan fingerprint density at radius 2 is 2.11 bits per heavy atom. The van der Waals surface area contributed by atoms with E-state index in [1.807, 2.05) is 30.3 Å². The van der Waals surface area contributed by atoms with Crippen LogP contribution in [0.25, 0.3) is 0 Å². The summed E-state index contributed by atoms with van der Waals surface area (Å²) in [7, 11) is 0. The zero-order valence-electron chi connectivity index (χ0n) is 9.73. The molecule has 0 fully saturated rings. The molecule has 1 amide bonds. The predicted octanol–water partition coefficient (Wildman–Crippen LogP) is 4.20. The first-order chi connectivity index (χ1) is 9.13. The molecule has 0 spiro atoms. The molecule has 3 rings (SSSR count). The molecule has 1 aromatic carbocycles. The summed E-state index contributed by atoms with van der Waals surface area (Å²) in [6.07, 6.45) is 0. The molecule has 1 aromatic heterocycles. The Labute approximate surface area is 131 Å². The van der Waals surface area contributed by atoms with Crippen molar-refractivity contribution in [3.8, 4) is 5.75 Å². The minimum atomic E-state index is -0.0184. The lowest BCUT2D eigenvalue weighted by Crippen LogP contribution is -2.38. The van der Waals surface area contributed by atoms with E-state index in [-0.39, 0.29) is 12.5 Å². The number of ether oxygens (including phenoxy) is 1. The first kappa shape index (κ1) is 13.1. The maximum absolute atomic E-state index is 12.1. The average molecular weight is 403 g/mol. The van der Waals surface area contributed by atoms with E-state index in [2.05, 4.69) is 31.9 Å². The lowest BCUT2D eigenvalue weighted by atomic mass is 10.2. The fourth-order valence-electron chi connectivity index (χ4n) is 1.94. The van der Waals surface area contributed by atoms with Crippen molar-refractivity contribution in [2.75, 3.05) is 11.5 Å². The van der Waals surface area contributed by atoms with E-state index in [9.17, 15) is 4.79 Å². The van der Waals surface area contributed by atoms with Crippen LogP contribution in [0.1, 0.15) is 4.88 Å². The van der Waals surface area contributed by atoms with E-state index < -0.39 is 0 Å². The first-order valence-electron chi connectivity index (χ1n) is 5.60. The monoisotopic (exact) mass is 401 g/mol. The molecule has 98 valence electrons. The van der Waals surface area contributed by atoms with E-state index >= 15 is 0 Å². The Kier molecular flexibility index (Phi) is 3.64. The molecule has 0 aliphatic carbocycles. The van der Waals surface area contributed by atoms with E-state index in [4.69, 9.17) is 4.74 Å². The van der Waals surface area contributed by atoms with Gasteiger partial charge in [0, 0.05) is 9.35 Å².